The van der Waals surface area contributed by atoms with Gasteiger partial charge in [0.15, 0.2) is 0 Å². The quantitative estimate of drug-likeness (QED) is 0.868. The second-order valence-electron chi connectivity index (χ2n) is 5.91. The highest BCUT2D eigenvalue weighted by Gasteiger charge is 2.50. The van der Waals surface area contributed by atoms with Crippen molar-refractivity contribution in [2.45, 2.75) is 38.3 Å². The molecule has 2 fully saturated rings. The molecule has 2 aliphatic rings. The number of benzene rings is 1. The Morgan fingerprint density at radius 2 is 2.05 bits per heavy atom. The fourth-order valence-electron chi connectivity index (χ4n) is 3.62. The van der Waals surface area contributed by atoms with Gasteiger partial charge in [0.25, 0.3) is 0 Å². The van der Waals surface area contributed by atoms with Crippen molar-refractivity contribution in [3.8, 4) is 0 Å². The Bertz CT molecular complexity index is 608. The first-order valence-electron chi connectivity index (χ1n) is 7.36. The summed E-state index contributed by atoms with van der Waals surface area (Å²) in [5, 5.41) is 9.22. The van der Waals surface area contributed by atoms with Crippen molar-refractivity contribution in [3.05, 3.63) is 41.5 Å². The number of carboxylic acids is 1. The molecule has 1 N–H and O–H groups in total. The Balaban J connectivity index is 1.75. The summed E-state index contributed by atoms with van der Waals surface area (Å²) in [4.78, 5) is 25.4. The van der Waals surface area contributed by atoms with Crippen LogP contribution in [0.15, 0.2) is 30.3 Å². The van der Waals surface area contributed by atoms with Gasteiger partial charge in [-0.3, -0.25) is 9.59 Å². The summed E-state index contributed by atoms with van der Waals surface area (Å²) in [6, 6.07) is 7.86. The van der Waals surface area contributed by atoms with E-state index in [1.54, 1.807) is 11.0 Å². The number of fused-ring (bicyclic) bond motifs is 2. The molecule has 4 heteroatoms. The van der Waals surface area contributed by atoms with Crippen LogP contribution in [0.2, 0.25) is 0 Å². The highest BCUT2D eigenvalue weighted by molar-refractivity contribution is 5.93. The van der Waals surface area contributed by atoms with Crippen molar-refractivity contribution in [1.29, 1.82) is 0 Å². The van der Waals surface area contributed by atoms with Crippen molar-refractivity contribution in [3.63, 3.8) is 0 Å². The molecule has 3 unspecified atom stereocenters. The van der Waals surface area contributed by atoms with E-state index in [0.717, 1.165) is 24.0 Å². The van der Waals surface area contributed by atoms with Crippen LogP contribution < -0.4 is 0 Å². The predicted octanol–water partition coefficient (Wildman–Crippen LogP) is 2.47. The van der Waals surface area contributed by atoms with E-state index in [-0.39, 0.29) is 23.9 Å². The van der Waals surface area contributed by atoms with Crippen LogP contribution in [0, 0.1) is 12.8 Å². The summed E-state index contributed by atoms with van der Waals surface area (Å²) in [6.07, 6.45) is 5.75. The smallest absolute Gasteiger partial charge is 0.308 e. The number of aryl methyl sites for hydroxylation is 1. The average Bonchev–Trinajstić information content (AvgIpc) is 3.04. The van der Waals surface area contributed by atoms with Crippen LogP contribution in [0.1, 0.15) is 30.4 Å². The molecule has 1 aromatic carbocycles. The van der Waals surface area contributed by atoms with Gasteiger partial charge in [-0.15, -0.1) is 0 Å². The van der Waals surface area contributed by atoms with E-state index in [1.165, 1.54) is 0 Å². The zero-order valence-corrected chi connectivity index (χ0v) is 12.0. The number of carbonyl (C=O) groups is 2. The first-order valence-corrected chi connectivity index (χ1v) is 7.36. The fraction of sp³-hybridized carbons (Fsp3) is 0.412. The third-order valence-corrected chi connectivity index (χ3v) is 4.70. The standard InChI is InChI=1S/C17H19NO3/c1-11-4-2-3-5-12(11)6-9-16(19)18-13-7-8-15(18)14(10-13)17(20)21/h2-6,9,13-15H,7-8,10H2,1H3,(H,20,21). The van der Waals surface area contributed by atoms with Gasteiger partial charge in [-0.05, 0) is 43.4 Å². The summed E-state index contributed by atoms with van der Waals surface area (Å²) in [5.74, 6) is -1.23. The Labute approximate surface area is 124 Å². The highest BCUT2D eigenvalue weighted by atomic mass is 16.4. The van der Waals surface area contributed by atoms with Gasteiger partial charge < -0.3 is 10.0 Å². The largest absolute Gasteiger partial charge is 0.481 e. The highest BCUT2D eigenvalue weighted by Crippen LogP contribution is 2.41. The molecule has 2 heterocycles. The molecule has 0 radical (unpaired) electrons. The summed E-state index contributed by atoms with van der Waals surface area (Å²) >= 11 is 0. The normalized spacial score (nSPS) is 27.5. The summed E-state index contributed by atoms with van der Waals surface area (Å²) in [7, 11) is 0. The lowest BCUT2D eigenvalue weighted by molar-refractivity contribution is -0.143. The van der Waals surface area contributed by atoms with Crippen molar-refractivity contribution in [2.24, 2.45) is 5.92 Å². The molecule has 1 amide bonds. The molecule has 4 nitrogen and oxygen atoms in total. The molecule has 0 aliphatic carbocycles. The molecule has 1 aromatic rings. The van der Waals surface area contributed by atoms with Crippen molar-refractivity contribution >= 4 is 18.0 Å². The lowest BCUT2D eigenvalue weighted by atomic mass is 9.89. The van der Waals surface area contributed by atoms with Crippen molar-refractivity contribution in [1.82, 2.24) is 4.90 Å². The maximum atomic E-state index is 12.4. The van der Waals surface area contributed by atoms with E-state index in [1.807, 2.05) is 37.3 Å². The number of rotatable bonds is 3. The Kier molecular flexibility index (Phi) is 3.53. The van der Waals surface area contributed by atoms with E-state index in [9.17, 15) is 14.7 Å². The molecule has 110 valence electrons. The minimum absolute atomic E-state index is 0.0606. The van der Waals surface area contributed by atoms with Crippen LogP contribution in [0.25, 0.3) is 6.08 Å². The van der Waals surface area contributed by atoms with Gasteiger partial charge in [0.1, 0.15) is 0 Å². The van der Waals surface area contributed by atoms with Gasteiger partial charge in [0, 0.05) is 18.2 Å². The van der Waals surface area contributed by atoms with E-state index < -0.39 is 5.97 Å². The van der Waals surface area contributed by atoms with Crippen LogP contribution in [-0.2, 0) is 9.59 Å². The van der Waals surface area contributed by atoms with Gasteiger partial charge in [0.05, 0.1) is 5.92 Å². The summed E-state index contributed by atoms with van der Waals surface area (Å²) in [5.41, 5.74) is 2.14. The van der Waals surface area contributed by atoms with Crippen molar-refractivity contribution < 1.29 is 14.7 Å². The monoisotopic (exact) mass is 285 g/mol. The predicted molar refractivity (Wildman–Crippen MR) is 79.6 cm³/mol. The van der Waals surface area contributed by atoms with Crippen LogP contribution >= 0.6 is 0 Å². The minimum Gasteiger partial charge on any atom is -0.481 e. The third-order valence-electron chi connectivity index (χ3n) is 4.70. The van der Waals surface area contributed by atoms with Gasteiger partial charge in [-0.25, -0.2) is 0 Å². The minimum atomic E-state index is -0.775. The molecule has 3 atom stereocenters. The van der Waals surface area contributed by atoms with Gasteiger partial charge in [-0.1, -0.05) is 24.3 Å². The molecule has 3 rings (SSSR count). The lowest BCUT2D eigenvalue weighted by Gasteiger charge is -2.21. The number of nitrogens with zero attached hydrogens (tertiary/aromatic N) is 1. The SMILES string of the molecule is Cc1ccccc1C=CC(=O)N1C2CCC1C(C(=O)O)C2. The Morgan fingerprint density at radius 3 is 2.71 bits per heavy atom. The van der Waals surface area contributed by atoms with E-state index in [0.29, 0.717) is 6.42 Å². The molecule has 0 saturated carbocycles. The fourth-order valence-corrected chi connectivity index (χ4v) is 3.62. The molecule has 2 bridgehead atoms. The first kappa shape index (κ1) is 13.9. The zero-order valence-electron chi connectivity index (χ0n) is 12.0. The lowest BCUT2D eigenvalue weighted by Crippen LogP contribution is -2.36. The summed E-state index contributed by atoms with van der Waals surface area (Å²) in [6.45, 7) is 2.00. The molecular weight excluding hydrogens is 266 g/mol. The second-order valence-corrected chi connectivity index (χ2v) is 5.91. The van der Waals surface area contributed by atoms with Crippen LogP contribution in [0.5, 0.6) is 0 Å². The maximum absolute atomic E-state index is 12.4. The zero-order chi connectivity index (χ0) is 15.0. The molecule has 0 spiro atoms. The first-order chi connectivity index (χ1) is 10.1. The Morgan fingerprint density at radius 1 is 1.29 bits per heavy atom. The van der Waals surface area contributed by atoms with Gasteiger partial charge in [0.2, 0.25) is 5.91 Å². The number of hydrogen-bond acceptors (Lipinski definition) is 2. The maximum Gasteiger partial charge on any atom is 0.308 e. The Hall–Kier alpha value is -2.10. The van der Waals surface area contributed by atoms with E-state index in [2.05, 4.69) is 0 Å². The average molecular weight is 285 g/mol. The molecule has 2 saturated heterocycles. The molecular formula is C17H19NO3. The van der Waals surface area contributed by atoms with E-state index >= 15 is 0 Å². The van der Waals surface area contributed by atoms with Crippen molar-refractivity contribution in [2.75, 3.05) is 0 Å². The summed E-state index contributed by atoms with van der Waals surface area (Å²) < 4.78 is 0. The number of amides is 1. The molecule has 0 aromatic heterocycles. The van der Waals surface area contributed by atoms with Crippen LogP contribution in [0.4, 0.5) is 0 Å². The topological polar surface area (TPSA) is 57.6 Å². The van der Waals surface area contributed by atoms with E-state index in [4.69, 9.17) is 0 Å². The van der Waals surface area contributed by atoms with Gasteiger partial charge >= 0.3 is 5.97 Å². The number of carbonyl (C=O) groups excluding carboxylic acids is 1. The number of hydrogen-bond donors (Lipinski definition) is 1. The second kappa shape index (κ2) is 5.35. The van der Waals surface area contributed by atoms with Crippen LogP contribution in [-0.4, -0.2) is 34.0 Å². The number of aliphatic carboxylic acids is 1. The molecule has 21 heavy (non-hydrogen) atoms. The number of carboxylic acid groups (broad SMARTS) is 1. The third kappa shape index (κ3) is 2.46. The van der Waals surface area contributed by atoms with Crippen LogP contribution in [0.3, 0.4) is 0 Å². The van der Waals surface area contributed by atoms with Gasteiger partial charge in [-0.2, -0.15) is 0 Å². The molecule has 2 aliphatic heterocycles.